The number of methoxy groups -OCH3 is 2. The normalized spacial score (nSPS) is 11.1. The minimum absolute atomic E-state index is 0.0585. The van der Waals surface area contributed by atoms with Gasteiger partial charge < -0.3 is 9.47 Å². The number of hydrogen-bond acceptors (Lipinski definition) is 4. The molecule has 0 unspecified atom stereocenters. The van der Waals surface area contributed by atoms with Gasteiger partial charge in [0, 0.05) is 6.07 Å². The van der Waals surface area contributed by atoms with Gasteiger partial charge in [-0.3, -0.25) is 4.72 Å². The number of hydrogen-bond donors (Lipinski definition) is 1. The Bertz CT molecular complexity index is 790. The van der Waals surface area contributed by atoms with Gasteiger partial charge >= 0.3 is 0 Å². The summed E-state index contributed by atoms with van der Waals surface area (Å²) < 4.78 is 50.8. The largest absolute Gasteiger partial charge is 0.497 e. The maximum Gasteiger partial charge on any atom is 0.265 e. The summed E-state index contributed by atoms with van der Waals surface area (Å²) in [7, 11) is -1.08. The maximum atomic E-state index is 13.5. The van der Waals surface area contributed by atoms with Crippen molar-refractivity contribution in [3.05, 3.63) is 47.8 Å². The van der Waals surface area contributed by atoms with Crippen molar-refractivity contribution in [3.8, 4) is 11.5 Å². The zero-order valence-electron chi connectivity index (χ0n) is 12.4. The van der Waals surface area contributed by atoms with E-state index in [1.165, 1.54) is 44.6 Å². The van der Waals surface area contributed by atoms with Gasteiger partial charge in [-0.1, -0.05) is 6.07 Å². The monoisotopic (exact) mass is 325 g/mol. The molecule has 5 nitrogen and oxygen atoms in total. The van der Waals surface area contributed by atoms with Crippen LogP contribution in [0.15, 0.2) is 41.3 Å². The lowest BCUT2D eigenvalue weighted by Gasteiger charge is -2.13. The van der Waals surface area contributed by atoms with E-state index in [-0.39, 0.29) is 16.3 Å². The minimum Gasteiger partial charge on any atom is -0.497 e. The summed E-state index contributed by atoms with van der Waals surface area (Å²) in [5.41, 5.74) is 0.575. The Morgan fingerprint density at radius 1 is 1.05 bits per heavy atom. The van der Waals surface area contributed by atoms with E-state index in [0.29, 0.717) is 11.3 Å². The van der Waals surface area contributed by atoms with Crippen LogP contribution in [0.25, 0.3) is 0 Å². The number of benzene rings is 2. The Morgan fingerprint density at radius 2 is 1.77 bits per heavy atom. The second-order valence-corrected chi connectivity index (χ2v) is 6.24. The molecule has 0 aliphatic carbocycles. The molecule has 2 aromatic rings. The molecule has 0 fully saturated rings. The molecule has 0 amide bonds. The highest BCUT2D eigenvalue weighted by Gasteiger charge is 2.20. The van der Waals surface area contributed by atoms with Gasteiger partial charge in [0.15, 0.2) is 0 Å². The van der Waals surface area contributed by atoms with Crippen molar-refractivity contribution in [2.45, 2.75) is 11.8 Å². The number of sulfonamides is 1. The van der Waals surface area contributed by atoms with Crippen LogP contribution in [-0.2, 0) is 10.0 Å². The van der Waals surface area contributed by atoms with Crippen molar-refractivity contribution in [1.82, 2.24) is 0 Å². The third-order valence-electron chi connectivity index (χ3n) is 3.08. The molecule has 118 valence electrons. The zero-order chi connectivity index (χ0) is 16.3. The fourth-order valence-corrected chi connectivity index (χ4v) is 3.06. The van der Waals surface area contributed by atoms with E-state index in [4.69, 9.17) is 9.47 Å². The highest BCUT2D eigenvalue weighted by Crippen LogP contribution is 2.30. The lowest BCUT2D eigenvalue weighted by atomic mass is 10.2. The van der Waals surface area contributed by atoms with E-state index >= 15 is 0 Å². The number of halogens is 1. The van der Waals surface area contributed by atoms with Crippen molar-refractivity contribution in [2.24, 2.45) is 0 Å². The summed E-state index contributed by atoms with van der Waals surface area (Å²) >= 11 is 0. The van der Waals surface area contributed by atoms with Crippen LogP contribution in [0, 0.1) is 12.7 Å². The molecular formula is C15H16FNO4S. The molecule has 2 aromatic carbocycles. The van der Waals surface area contributed by atoms with E-state index < -0.39 is 15.8 Å². The average molecular weight is 325 g/mol. The highest BCUT2D eigenvalue weighted by molar-refractivity contribution is 7.92. The number of rotatable bonds is 5. The van der Waals surface area contributed by atoms with Crippen LogP contribution >= 0.6 is 0 Å². The molecule has 1 N–H and O–H groups in total. The van der Waals surface area contributed by atoms with Gasteiger partial charge in [-0.2, -0.15) is 0 Å². The number of aryl methyl sites for hydroxylation is 1. The van der Waals surface area contributed by atoms with E-state index in [2.05, 4.69) is 4.72 Å². The summed E-state index contributed by atoms with van der Waals surface area (Å²) in [4.78, 5) is -0.0585. The summed E-state index contributed by atoms with van der Waals surface area (Å²) in [5.74, 6) is 0.124. The van der Waals surface area contributed by atoms with E-state index in [1.807, 2.05) is 0 Å². The Kier molecular flexibility index (Phi) is 4.56. The smallest absolute Gasteiger partial charge is 0.265 e. The van der Waals surface area contributed by atoms with E-state index in [1.54, 1.807) is 6.92 Å². The molecule has 0 spiro atoms. The molecule has 7 heteroatoms. The molecule has 0 atom stereocenters. The van der Waals surface area contributed by atoms with Gasteiger partial charge in [-0.15, -0.1) is 0 Å². The first-order valence-corrected chi connectivity index (χ1v) is 7.86. The van der Waals surface area contributed by atoms with Crippen molar-refractivity contribution in [3.63, 3.8) is 0 Å². The Balaban J connectivity index is 2.39. The summed E-state index contributed by atoms with van der Waals surface area (Å²) in [6.45, 7) is 1.60. The third kappa shape index (κ3) is 3.30. The van der Waals surface area contributed by atoms with Crippen LogP contribution < -0.4 is 14.2 Å². The summed E-state index contributed by atoms with van der Waals surface area (Å²) in [6.07, 6.45) is 0. The Labute approximate surface area is 128 Å². The lowest BCUT2D eigenvalue weighted by Crippen LogP contribution is -2.14. The lowest BCUT2D eigenvalue weighted by molar-refractivity contribution is 0.386. The van der Waals surface area contributed by atoms with Gasteiger partial charge in [0.1, 0.15) is 22.2 Å². The van der Waals surface area contributed by atoms with Crippen LogP contribution in [0.4, 0.5) is 10.1 Å². The van der Waals surface area contributed by atoms with Crippen LogP contribution in [0.3, 0.4) is 0 Å². The van der Waals surface area contributed by atoms with Crippen molar-refractivity contribution >= 4 is 15.7 Å². The van der Waals surface area contributed by atoms with Crippen LogP contribution in [0.2, 0.25) is 0 Å². The quantitative estimate of drug-likeness (QED) is 0.918. The first kappa shape index (κ1) is 16.1. The average Bonchev–Trinajstić information content (AvgIpc) is 2.50. The second kappa shape index (κ2) is 6.23. The van der Waals surface area contributed by atoms with Crippen LogP contribution in [0.5, 0.6) is 11.5 Å². The third-order valence-corrected chi connectivity index (χ3v) is 4.51. The molecular weight excluding hydrogens is 309 g/mol. The van der Waals surface area contributed by atoms with Gasteiger partial charge in [-0.25, -0.2) is 12.8 Å². The zero-order valence-corrected chi connectivity index (χ0v) is 13.2. The van der Waals surface area contributed by atoms with Crippen LogP contribution in [-0.4, -0.2) is 22.6 Å². The van der Waals surface area contributed by atoms with Gasteiger partial charge in [0.2, 0.25) is 0 Å². The van der Waals surface area contributed by atoms with Crippen molar-refractivity contribution in [1.29, 1.82) is 0 Å². The molecule has 0 heterocycles. The molecule has 0 aliphatic heterocycles. The minimum atomic E-state index is -3.91. The van der Waals surface area contributed by atoms with E-state index in [0.717, 1.165) is 6.07 Å². The standard InChI is InChI=1S/C15H16FNO4S/c1-10-4-5-11(8-13(10)16)17-22(18,19)15-7-6-12(20-2)9-14(15)21-3/h4-9,17H,1-3H3. The van der Waals surface area contributed by atoms with Gasteiger partial charge in [-0.05, 0) is 36.8 Å². The molecule has 0 radical (unpaired) electrons. The molecule has 0 aromatic heterocycles. The summed E-state index contributed by atoms with van der Waals surface area (Å²) in [5, 5.41) is 0. The predicted octanol–water partition coefficient (Wildman–Crippen LogP) is 2.95. The molecule has 22 heavy (non-hydrogen) atoms. The summed E-state index contributed by atoms with van der Waals surface area (Å²) in [6, 6.07) is 8.45. The molecule has 2 rings (SSSR count). The number of nitrogens with one attached hydrogen (secondary N) is 1. The SMILES string of the molecule is COc1ccc(S(=O)(=O)Nc2ccc(C)c(F)c2)c(OC)c1. The van der Waals surface area contributed by atoms with Gasteiger partial charge in [0.05, 0.1) is 19.9 Å². The number of ether oxygens (including phenoxy) is 2. The molecule has 0 bridgehead atoms. The fraction of sp³-hybridized carbons (Fsp3) is 0.200. The second-order valence-electron chi connectivity index (χ2n) is 4.59. The Hall–Kier alpha value is -2.28. The molecule has 0 aliphatic rings. The first-order chi connectivity index (χ1) is 10.4. The van der Waals surface area contributed by atoms with E-state index in [9.17, 15) is 12.8 Å². The topological polar surface area (TPSA) is 64.6 Å². The predicted molar refractivity (Wildman–Crippen MR) is 81.5 cm³/mol. The molecule has 0 saturated carbocycles. The first-order valence-electron chi connectivity index (χ1n) is 6.38. The van der Waals surface area contributed by atoms with Crippen LogP contribution in [0.1, 0.15) is 5.56 Å². The van der Waals surface area contributed by atoms with Gasteiger partial charge in [0.25, 0.3) is 10.0 Å². The van der Waals surface area contributed by atoms with Crippen molar-refractivity contribution < 1.29 is 22.3 Å². The fourth-order valence-electron chi connectivity index (χ4n) is 1.86. The Morgan fingerprint density at radius 3 is 2.36 bits per heavy atom. The molecule has 0 saturated heterocycles. The highest BCUT2D eigenvalue weighted by atomic mass is 32.2. The number of anilines is 1. The maximum absolute atomic E-state index is 13.5. The van der Waals surface area contributed by atoms with Crippen molar-refractivity contribution in [2.75, 3.05) is 18.9 Å².